The fourth-order valence-electron chi connectivity index (χ4n) is 3.58. The van der Waals surface area contributed by atoms with Gasteiger partial charge < -0.3 is 10.6 Å². The van der Waals surface area contributed by atoms with Crippen LogP contribution in [0.1, 0.15) is 22.5 Å². The molecule has 4 aromatic rings. The van der Waals surface area contributed by atoms with Crippen molar-refractivity contribution >= 4 is 39.5 Å². The van der Waals surface area contributed by atoms with E-state index in [1.54, 1.807) is 0 Å². The molecule has 0 aliphatic heterocycles. The topological polar surface area (TPSA) is 41.9 Å². The van der Waals surface area contributed by atoms with E-state index in [1.807, 2.05) is 35.9 Å². The lowest BCUT2D eigenvalue weighted by atomic mass is 10.1. The predicted octanol–water partition coefficient (Wildman–Crippen LogP) is 5.82. The average molecular weight is 401 g/mol. The molecule has 4 rings (SSSR count). The maximum absolute atomic E-state index is 5.60. The van der Waals surface area contributed by atoms with Crippen molar-refractivity contribution in [2.24, 2.45) is 0 Å². The number of thiocarbonyl (C=S) groups is 1. The van der Waals surface area contributed by atoms with Crippen molar-refractivity contribution in [2.75, 3.05) is 10.6 Å². The van der Waals surface area contributed by atoms with E-state index in [0.29, 0.717) is 5.11 Å². The van der Waals surface area contributed by atoms with E-state index < -0.39 is 0 Å². The maximum atomic E-state index is 5.60. The Kier molecular flexibility index (Phi) is 5.32. The molecule has 0 aliphatic carbocycles. The number of hydrogen-bond acceptors (Lipinski definition) is 2. The van der Waals surface area contributed by atoms with Crippen LogP contribution in [0, 0.1) is 20.8 Å². The van der Waals surface area contributed by atoms with Gasteiger partial charge in [0.2, 0.25) is 0 Å². The Morgan fingerprint density at radius 3 is 2.45 bits per heavy atom. The monoisotopic (exact) mass is 400 g/mol. The third kappa shape index (κ3) is 4.00. The highest BCUT2D eigenvalue weighted by Crippen LogP contribution is 2.25. The van der Waals surface area contributed by atoms with Gasteiger partial charge >= 0.3 is 0 Å². The molecule has 29 heavy (non-hydrogen) atoms. The maximum Gasteiger partial charge on any atom is 0.175 e. The summed E-state index contributed by atoms with van der Waals surface area (Å²) < 4.78 is 2.03. The van der Waals surface area contributed by atoms with Crippen molar-refractivity contribution < 1.29 is 0 Å². The van der Waals surface area contributed by atoms with Gasteiger partial charge in [-0.3, -0.25) is 4.68 Å². The van der Waals surface area contributed by atoms with Gasteiger partial charge in [-0.15, -0.1) is 0 Å². The molecule has 2 N–H and O–H groups in total. The molecule has 1 heterocycles. The zero-order chi connectivity index (χ0) is 20.4. The number of nitrogens with one attached hydrogen (secondary N) is 2. The molecule has 0 saturated carbocycles. The molecule has 146 valence electrons. The fourth-order valence-corrected chi connectivity index (χ4v) is 3.79. The second-order valence-corrected chi connectivity index (χ2v) is 7.64. The third-order valence-corrected chi connectivity index (χ3v) is 5.44. The quantitative estimate of drug-likeness (QED) is 0.424. The standard InChI is InChI=1S/C24H24N4S/c1-16-9-4-5-11-20(16)15-28-18(3)23(17(2)27-28)26-24(29)25-22-14-8-12-19-10-6-7-13-21(19)22/h4-14H,15H2,1-3H3,(H2,25,26,29). The van der Waals surface area contributed by atoms with Crippen LogP contribution in [0.15, 0.2) is 66.7 Å². The normalized spacial score (nSPS) is 10.9. The molecule has 0 atom stereocenters. The molecule has 0 unspecified atom stereocenters. The van der Waals surface area contributed by atoms with Crippen molar-refractivity contribution in [1.29, 1.82) is 0 Å². The third-order valence-electron chi connectivity index (χ3n) is 5.24. The fraction of sp³-hybridized carbons (Fsp3) is 0.167. The lowest BCUT2D eigenvalue weighted by molar-refractivity contribution is 0.657. The van der Waals surface area contributed by atoms with E-state index >= 15 is 0 Å². The first kappa shape index (κ1) is 19.2. The lowest BCUT2D eigenvalue weighted by Crippen LogP contribution is -2.20. The first-order chi connectivity index (χ1) is 14.0. The number of benzene rings is 3. The van der Waals surface area contributed by atoms with Gasteiger partial charge in [-0.1, -0.05) is 60.7 Å². The van der Waals surface area contributed by atoms with E-state index in [2.05, 4.69) is 66.9 Å². The van der Waals surface area contributed by atoms with Gasteiger partial charge in [-0.25, -0.2) is 0 Å². The van der Waals surface area contributed by atoms with Crippen LogP contribution in [0.3, 0.4) is 0 Å². The Labute approximate surface area is 176 Å². The summed E-state index contributed by atoms with van der Waals surface area (Å²) in [6.07, 6.45) is 0. The minimum atomic E-state index is 0.558. The van der Waals surface area contributed by atoms with Gasteiger partial charge in [0.1, 0.15) is 0 Å². The van der Waals surface area contributed by atoms with Crippen LogP contribution in [0.25, 0.3) is 10.8 Å². The first-order valence-corrected chi connectivity index (χ1v) is 10.1. The molecular formula is C24H24N4S. The van der Waals surface area contributed by atoms with Crippen molar-refractivity contribution in [2.45, 2.75) is 27.3 Å². The van der Waals surface area contributed by atoms with E-state index in [-0.39, 0.29) is 0 Å². The van der Waals surface area contributed by atoms with Crippen LogP contribution < -0.4 is 10.6 Å². The van der Waals surface area contributed by atoms with Crippen LogP contribution in [-0.2, 0) is 6.54 Å². The molecule has 0 bridgehead atoms. The highest BCUT2D eigenvalue weighted by Gasteiger charge is 2.14. The summed E-state index contributed by atoms with van der Waals surface area (Å²) in [6, 6.07) is 22.8. The molecule has 3 aromatic carbocycles. The summed E-state index contributed by atoms with van der Waals surface area (Å²) >= 11 is 5.60. The Bertz CT molecular complexity index is 1190. The Morgan fingerprint density at radius 1 is 0.897 bits per heavy atom. The van der Waals surface area contributed by atoms with Gasteiger partial charge in [0, 0.05) is 11.1 Å². The van der Waals surface area contributed by atoms with Crippen molar-refractivity contribution in [3.63, 3.8) is 0 Å². The van der Waals surface area contributed by atoms with Crippen LogP contribution in [-0.4, -0.2) is 14.9 Å². The molecule has 0 aliphatic rings. The highest BCUT2D eigenvalue weighted by atomic mass is 32.1. The average Bonchev–Trinajstić information content (AvgIpc) is 2.97. The second-order valence-electron chi connectivity index (χ2n) is 7.24. The van der Waals surface area contributed by atoms with Gasteiger partial charge in [-0.05, 0) is 55.6 Å². The molecule has 1 aromatic heterocycles. The minimum absolute atomic E-state index is 0.558. The van der Waals surface area contributed by atoms with E-state index in [9.17, 15) is 0 Å². The molecule has 0 fully saturated rings. The number of aryl methyl sites for hydroxylation is 2. The summed E-state index contributed by atoms with van der Waals surface area (Å²) in [7, 11) is 0. The lowest BCUT2D eigenvalue weighted by Gasteiger charge is -2.13. The van der Waals surface area contributed by atoms with Crippen molar-refractivity contribution in [3.05, 3.63) is 89.2 Å². The first-order valence-electron chi connectivity index (χ1n) is 9.67. The van der Waals surface area contributed by atoms with E-state index in [0.717, 1.165) is 34.7 Å². The van der Waals surface area contributed by atoms with Gasteiger partial charge in [0.25, 0.3) is 0 Å². The van der Waals surface area contributed by atoms with Crippen LogP contribution >= 0.6 is 12.2 Å². The summed E-state index contributed by atoms with van der Waals surface area (Å²) in [5.74, 6) is 0. The van der Waals surface area contributed by atoms with E-state index in [1.165, 1.54) is 16.5 Å². The highest BCUT2D eigenvalue weighted by molar-refractivity contribution is 7.80. The number of aromatic nitrogens is 2. The van der Waals surface area contributed by atoms with Gasteiger partial charge in [-0.2, -0.15) is 5.10 Å². The molecule has 4 nitrogen and oxygen atoms in total. The summed E-state index contributed by atoms with van der Waals surface area (Å²) in [6.45, 7) is 6.94. The summed E-state index contributed by atoms with van der Waals surface area (Å²) in [5.41, 5.74) is 6.47. The predicted molar refractivity (Wildman–Crippen MR) is 126 cm³/mol. The molecule has 0 amide bonds. The smallest absolute Gasteiger partial charge is 0.175 e. The number of hydrogen-bond donors (Lipinski definition) is 2. The zero-order valence-electron chi connectivity index (χ0n) is 16.9. The minimum Gasteiger partial charge on any atom is -0.332 e. The largest absolute Gasteiger partial charge is 0.332 e. The molecule has 0 saturated heterocycles. The van der Waals surface area contributed by atoms with Crippen LogP contribution in [0.4, 0.5) is 11.4 Å². The van der Waals surface area contributed by atoms with Crippen LogP contribution in [0.5, 0.6) is 0 Å². The Balaban J connectivity index is 1.54. The van der Waals surface area contributed by atoms with Crippen molar-refractivity contribution in [3.8, 4) is 0 Å². The number of rotatable bonds is 4. The molecule has 0 radical (unpaired) electrons. The zero-order valence-corrected chi connectivity index (χ0v) is 17.7. The number of fused-ring (bicyclic) bond motifs is 1. The van der Waals surface area contributed by atoms with Gasteiger partial charge in [0.15, 0.2) is 5.11 Å². The van der Waals surface area contributed by atoms with E-state index in [4.69, 9.17) is 17.3 Å². The van der Waals surface area contributed by atoms with Gasteiger partial charge in [0.05, 0.1) is 23.6 Å². The second kappa shape index (κ2) is 8.05. The SMILES string of the molecule is Cc1ccccc1Cn1nc(C)c(NC(=S)Nc2cccc3ccccc23)c1C. The molecular weight excluding hydrogens is 376 g/mol. The Hall–Kier alpha value is -3.18. The molecule has 5 heteroatoms. The summed E-state index contributed by atoms with van der Waals surface area (Å²) in [4.78, 5) is 0. The number of nitrogens with zero attached hydrogens (tertiary/aromatic N) is 2. The van der Waals surface area contributed by atoms with Crippen LogP contribution in [0.2, 0.25) is 0 Å². The Morgan fingerprint density at radius 2 is 1.62 bits per heavy atom. The number of anilines is 2. The molecule has 0 spiro atoms. The van der Waals surface area contributed by atoms with Crippen molar-refractivity contribution in [1.82, 2.24) is 9.78 Å². The summed E-state index contributed by atoms with van der Waals surface area (Å²) in [5, 5.41) is 14.3.